The molecule has 1 aliphatic carbocycles. The molecule has 0 aromatic heterocycles. The van der Waals surface area contributed by atoms with E-state index in [2.05, 4.69) is 0 Å². The van der Waals surface area contributed by atoms with Crippen molar-refractivity contribution in [2.45, 2.75) is 6.10 Å². The molecule has 1 aliphatic rings. The Morgan fingerprint density at radius 3 is 1.76 bits per heavy atom. The van der Waals surface area contributed by atoms with E-state index in [1.54, 1.807) is 7.11 Å². The zero-order valence-corrected chi connectivity index (χ0v) is 9.60. The van der Waals surface area contributed by atoms with Crippen molar-refractivity contribution >= 4 is 11.4 Å². The van der Waals surface area contributed by atoms with Crippen molar-refractivity contribution < 1.29 is 4.74 Å². The summed E-state index contributed by atoms with van der Waals surface area (Å²) >= 11 is 0. The summed E-state index contributed by atoms with van der Waals surface area (Å²) in [6, 6.07) is 11.9. The van der Waals surface area contributed by atoms with Crippen molar-refractivity contribution in [1.29, 1.82) is 0 Å². The largest absolute Gasteiger partial charge is 0.399 e. The summed E-state index contributed by atoms with van der Waals surface area (Å²) in [6.07, 6.45) is -0.0630. The van der Waals surface area contributed by atoms with E-state index in [0.29, 0.717) is 0 Å². The van der Waals surface area contributed by atoms with Crippen LogP contribution in [0.5, 0.6) is 0 Å². The van der Waals surface area contributed by atoms with Gasteiger partial charge in [-0.2, -0.15) is 0 Å². The first-order valence-electron chi connectivity index (χ1n) is 5.52. The lowest BCUT2D eigenvalue weighted by molar-refractivity contribution is 0.140. The first-order chi connectivity index (χ1) is 8.20. The molecule has 0 fully saturated rings. The van der Waals surface area contributed by atoms with Crippen molar-refractivity contribution in [3.63, 3.8) is 0 Å². The Morgan fingerprint density at radius 2 is 1.35 bits per heavy atom. The van der Waals surface area contributed by atoms with Gasteiger partial charge in [0.05, 0.1) is 0 Å². The van der Waals surface area contributed by atoms with Gasteiger partial charge in [0.1, 0.15) is 6.10 Å². The summed E-state index contributed by atoms with van der Waals surface area (Å²) in [4.78, 5) is 0. The van der Waals surface area contributed by atoms with Crippen LogP contribution in [0, 0.1) is 0 Å². The molecule has 0 saturated carbocycles. The standard InChI is InChI=1S/C14H14N2O/c1-17-14-12-6-8(15)2-4-10(12)11-5-3-9(16)7-13(11)14/h2-7,14H,15-16H2,1H3. The van der Waals surface area contributed by atoms with Gasteiger partial charge in [-0.05, 0) is 46.5 Å². The molecule has 86 valence electrons. The highest BCUT2D eigenvalue weighted by Crippen LogP contribution is 2.46. The number of nitrogens with two attached hydrogens (primary N) is 2. The van der Waals surface area contributed by atoms with E-state index in [1.165, 1.54) is 11.1 Å². The van der Waals surface area contributed by atoms with Gasteiger partial charge in [-0.15, -0.1) is 0 Å². The van der Waals surface area contributed by atoms with Crippen molar-refractivity contribution in [2.75, 3.05) is 18.6 Å². The summed E-state index contributed by atoms with van der Waals surface area (Å²) in [5.74, 6) is 0. The minimum Gasteiger partial charge on any atom is -0.399 e. The quantitative estimate of drug-likeness (QED) is 0.735. The van der Waals surface area contributed by atoms with Gasteiger partial charge < -0.3 is 16.2 Å². The Balaban J connectivity index is 2.28. The van der Waals surface area contributed by atoms with Gasteiger partial charge in [-0.25, -0.2) is 0 Å². The van der Waals surface area contributed by atoms with Crippen LogP contribution < -0.4 is 11.5 Å². The Hall–Kier alpha value is -2.00. The molecule has 3 nitrogen and oxygen atoms in total. The number of benzene rings is 2. The molecular formula is C14H14N2O. The van der Waals surface area contributed by atoms with Crippen molar-refractivity contribution in [3.05, 3.63) is 47.5 Å². The fourth-order valence-corrected chi connectivity index (χ4v) is 2.51. The maximum Gasteiger partial charge on any atom is 0.109 e. The summed E-state index contributed by atoms with van der Waals surface area (Å²) < 4.78 is 5.56. The minimum atomic E-state index is -0.0630. The molecule has 0 aliphatic heterocycles. The molecule has 4 N–H and O–H groups in total. The summed E-state index contributed by atoms with van der Waals surface area (Å²) in [5, 5.41) is 0. The first-order valence-corrected chi connectivity index (χ1v) is 5.52. The second-order valence-electron chi connectivity index (χ2n) is 4.31. The number of fused-ring (bicyclic) bond motifs is 3. The molecule has 0 atom stereocenters. The predicted molar refractivity (Wildman–Crippen MR) is 69.6 cm³/mol. The van der Waals surface area contributed by atoms with E-state index < -0.39 is 0 Å². The highest BCUT2D eigenvalue weighted by atomic mass is 16.5. The molecule has 0 heterocycles. The molecule has 0 bridgehead atoms. The lowest BCUT2D eigenvalue weighted by atomic mass is 10.1. The molecule has 17 heavy (non-hydrogen) atoms. The van der Waals surface area contributed by atoms with E-state index in [4.69, 9.17) is 16.2 Å². The first kappa shape index (κ1) is 10.2. The number of hydrogen-bond donors (Lipinski definition) is 2. The van der Waals surface area contributed by atoms with Gasteiger partial charge in [-0.1, -0.05) is 12.1 Å². The van der Waals surface area contributed by atoms with E-state index in [9.17, 15) is 0 Å². The fourth-order valence-electron chi connectivity index (χ4n) is 2.51. The van der Waals surface area contributed by atoms with Crippen LogP contribution in [0.4, 0.5) is 11.4 Å². The fraction of sp³-hybridized carbons (Fsp3) is 0.143. The molecule has 0 spiro atoms. The monoisotopic (exact) mass is 226 g/mol. The maximum atomic E-state index is 5.83. The van der Waals surface area contributed by atoms with Crippen LogP contribution in [0.15, 0.2) is 36.4 Å². The topological polar surface area (TPSA) is 61.3 Å². The number of hydrogen-bond acceptors (Lipinski definition) is 3. The number of rotatable bonds is 1. The molecule has 0 saturated heterocycles. The Morgan fingerprint density at radius 1 is 0.882 bits per heavy atom. The van der Waals surface area contributed by atoms with Crippen LogP contribution in [0.1, 0.15) is 17.2 Å². The Kier molecular flexibility index (Phi) is 2.09. The smallest absolute Gasteiger partial charge is 0.109 e. The van der Waals surface area contributed by atoms with Gasteiger partial charge in [0, 0.05) is 18.5 Å². The molecule has 2 aromatic carbocycles. The summed E-state index contributed by atoms with van der Waals surface area (Å²) in [6.45, 7) is 0. The van der Waals surface area contributed by atoms with E-state index in [1.807, 2.05) is 36.4 Å². The van der Waals surface area contributed by atoms with Crippen LogP contribution in [-0.2, 0) is 4.74 Å². The molecule has 0 amide bonds. The van der Waals surface area contributed by atoms with E-state index >= 15 is 0 Å². The van der Waals surface area contributed by atoms with E-state index in [-0.39, 0.29) is 6.10 Å². The summed E-state index contributed by atoms with van der Waals surface area (Å²) in [5.41, 5.74) is 17.8. The van der Waals surface area contributed by atoms with Crippen LogP contribution in [0.3, 0.4) is 0 Å². The molecule has 0 radical (unpaired) electrons. The Labute approximate surface area is 100 Å². The average Bonchev–Trinajstić information content (AvgIpc) is 2.60. The SMILES string of the molecule is COC1c2cc(N)ccc2-c2ccc(N)cc21. The van der Waals surface area contributed by atoms with Gasteiger partial charge in [0.25, 0.3) is 0 Å². The van der Waals surface area contributed by atoms with Crippen molar-refractivity contribution in [3.8, 4) is 11.1 Å². The van der Waals surface area contributed by atoms with Gasteiger partial charge in [-0.3, -0.25) is 0 Å². The highest BCUT2D eigenvalue weighted by molar-refractivity contribution is 5.81. The second-order valence-corrected chi connectivity index (χ2v) is 4.31. The lowest BCUT2D eigenvalue weighted by Crippen LogP contribution is -2.00. The molecule has 3 rings (SSSR count). The lowest BCUT2D eigenvalue weighted by Gasteiger charge is -2.11. The second kappa shape index (κ2) is 3.50. The number of anilines is 2. The zero-order chi connectivity index (χ0) is 12.0. The van der Waals surface area contributed by atoms with Gasteiger partial charge >= 0.3 is 0 Å². The van der Waals surface area contributed by atoms with Crippen molar-refractivity contribution in [1.82, 2.24) is 0 Å². The van der Waals surface area contributed by atoms with Crippen LogP contribution in [-0.4, -0.2) is 7.11 Å². The molecular weight excluding hydrogens is 212 g/mol. The van der Waals surface area contributed by atoms with Crippen LogP contribution >= 0.6 is 0 Å². The predicted octanol–water partition coefficient (Wildman–Crippen LogP) is 2.57. The number of ether oxygens (including phenoxy) is 1. The third-order valence-corrected chi connectivity index (χ3v) is 3.24. The van der Waals surface area contributed by atoms with Crippen LogP contribution in [0.2, 0.25) is 0 Å². The molecule has 2 aromatic rings. The number of methoxy groups -OCH3 is 1. The highest BCUT2D eigenvalue weighted by Gasteiger charge is 2.28. The van der Waals surface area contributed by atoms with E-state index in [0.717, 1.165) is 22.5 Å². The minimum absolute atomic E-state index is 0.0630. The number of nitrogen functional groups attached to an aromatic ring is 2. The molecule has 3 heteroatoms. The van der Waals surface area contributed by atoms with Crippen molar-refractivity contribution in [2.24, 2.45) is 0 Å². The zero-order valence-electron chi connectivity index (χ0n) is 9.60. The average molecular weight is 226 g/mol. The van der Waals surface area contributed by atoms with Crippen LogP contribution in [0.25, 0.3) is 11.1 Å². The van der Waals surface area contributed by atoms with Gasteiger partial charge in [0.15, 0.2) is 0 Å². The normalized spacial score (nSPS) is 13.5. The van der Waals surface area contributed by atoms with Gasteiger partial charge in [0.2, 0.25) is 0 Å². The Bertz CT molecular complexity index is 541. The maximum absolute atomic E-state index is 5.83. The third kappa shape index (κ3) is 1.40. The summed E-state index contributed by atoms with van der Waals surface area (Å²) in [7, 11) is 1.70. The third-order valence-electron chi connectivity index (χ3n) is 3.24. The molecule has 0 unspecified atom stereocenters.